The van der Waals surface area contributed by atoms with E-state index in [4.69, 9.17) is 14.0 Å². The van der Waals surface area contributed by atoms with Gasteiger partial charge in [0.1, 0.15) is 10.6 Å². The molecule has 2 aromatic rings. The minimum Gasteiger partial charge on any atom is -0.495 e. The number of rotatable bonds is 4. The minimum absolute atomic E-state index is 0.123. The number of hydrogen-bond donors (Lipinski definition) is 0. The summed E-state index contributed by atoms with van der Waals surface area (Å²) >= 11 is 0. The van der Waals surface area contributed by atoms with Gasteiger partial charge in [-0.2, -0.15) is 4.31 Å². The fourth-order valence-electron chi connectivity index (χ4n) is 2.63. The quantitative estimate of drug-likeness (QED) is 0.837. The molecule has 0 spiro atoms. The maximum Gasteiger partial charge on any atom is 0.246 e. The third-order valence-electron chi connectivity index (χ3n) is 4.17. The Balaban J connectivity index is 2.09. The van der Waals surface area contributed by atoms with Crippen LogP contribution >= 0.6 is 0 Å². The second kappa shape index (κ2) is 6.54. The van der Waals surface area contributed by atoms with Crippen molar-refractivity contribution in [3.8, 4) is 17.1 Å². The Morgan fingerprint density at radius 3 is 2.50 bits per heavy atom. The lowest BCUT2D eigenvalue weighted by atomic mass is 10.1. The third kappa shape index (κ3) is 2.92. The SMILES string of the molecule is COc1ccc(-c2onc(C)c2C)cc1S(=O)(=O)N1CCOCC1. The van der Waals surface area contributed by atoms with Crippen molar-refractivity contribution in [2.75, 3.05) is 33.4 Å². The van der Waals surface area contributed by atoms with Gasteiger partial charge in [0, 0.05) is 24.2 Å². The first-order valence-corrected chi connectivity index (χ1v) is 9.08. The van der Waals surface area contributed by atoms with Crippen LogP contribution in [0.25, 0.3) is 11.3 Å². The zero-order chi connectivity index (χ0) is 17.3. The van der Waals surface area contributed by atoms with Gasteiger partial charge in [0.05, 0.1) is 26.0 Å². The molecule has 7 nitrogen and oxygen atoms in total. The number of hydrogen-bond acceptors (Lipinski definition) is 6. The van der Waals surface area contributed by atoms with Gasteiger partial charge in [0.25, 0.3) is 0 Å². The fraction of sp³-hybridized carbons (Fsp3) is 0.438. The first-order valence-electron chi connectivity index (χ1n) is 7.64. The second-order valence-corrected chi connectivity index (χ2v) is 7.51. The van der Waals surface area contributed by atoms with Crippen LogP contribution in [-0.4, -0.2) is 51.3 Å². The average molecular weight is 352 g/mol. The van der Waals surface area contributed by atoms with Crippen LogP contribution in [0, 0.1) is 13.8 Å². The van der Waals surface area contributed by atoms with E-state index in [2.05, 4.69) is 5.16 Å². The molecule has 1 aromatic heterocycles. The van der Waals surface area contributed by atoms with E-state index in [1.54, 1.807) is 18.2 Å². The lowest BCUT2D eigenvalue weighted by molar-refractivity contribution is 0.0729. The molecule has 130 valence electrons. The van der Waals surface area contributed by atoms with E-state index in [1.165, 1.54) is 11.4 Å². The van der Waals surface area contributed by atoms with Gasteiger partial charge < -0.3 is 14.0 Å². The number of morpholine rings is 1. The molecule has 1 aromatic carbocycles. The second-order valence-electron chi connectivity index (χ2n) is 5.60. The topological polar surface area (TPSA) is 81.9 Å². The van der Waals surface area contributed by atoms with Crippen LogP contribution < -0.4 is 4.74 Å². The van der Waals surface area contributed by atoms with E-state index >= 15 is 0 Å². The molecular weight excluding hydrogens is 332 g/mol. The fourth-order valence-corrected chi connectivity index (χ4v) is 4.22. The molecule has 8 heteroatoms. The molecule has 2 heterocycles. The molecule has 0 bridgehead atoms. The van der Waals surface area contributed by atoms with Gasteiger partial charge in [0.2, 0.25) is 10.0 Å². The lowest BCUT2D eigenvalue weighted by Crippen LogP contribution is -2.40. The summed E-state index contributed by atoms with van der Waals surface area (Å²) in [6.45, 7) is 5.17. The normalized spacial score (nSPS) is 16.3. The van der Waals surface area contributed by atoms with Crippen LogP contribution in [0.5, 0.6) is 5.75 Å². The largest absolute Gasteiger partial charge is 0.495 e. The summed E-state index contributed by atoms with van der Waals surface area (Å²) < 4.78 is 43.2. The number of aromatic nitrogens is 1. The van der Waals surface area contributed by atoms with Gasteiger partial charge in [-0.15, -0.1) is 0 Å². The summed E-state index contributed by atoms with van der Waals surface area (Å²) in [5.74, 6) is 0.868. The highest BCUT2D eigenvalue weighted by molar-refractivity contribution is 7.89. The summed E-state index contributed by atoms with van der Waals surface area (Å²) in [5.41, 5.74) is 2.31. The number of sulfonamides is 1. The zero-order valence-corrected chi connectivity index (χ0v) is 14.7. The van der Waals surface area contributed by atoms with Crippen LogP contribution in [0.4, 0.5) is 0 Å². The van der Waals surface area contributed by atoms with Gasteiger partial charge in [-0.25, -0.2) is 8.42 Å². The van der Waals surface area contributed by atoms with E-state index < -0.39 is 10.0 Å². The van der Waals surface area contributed by atoms with Crippen molar-refractivity contribution in [2.45, 2.75) is 18.7 Å². The molecule has 0 amide bonds. The van der Waals surface area contributed by atoms with Crippen molar-refractivity contribution >= 4 is 10.0 Å². The van der Waals surface area contributed by atoms with Gasteiger partial charge in [-0.1, -0.05) is 5.16 Å². The van der Waals surface area contributed by atoms with Crippen molar-refractivity contribution < 1.29 is 22.4 Å². The summed E-state index contributed by atoms with van der Waals surface area (Å²) in [6, 6.07) is 4.99. The molecule has 0 saturated carbocycles. The van der Waals surface area contributed by atoms with Crippen molar-refractivity contribution in [2.24, 2.45) is 0 Å². The average Bonchev–Trinajstić information content (AvgIpc) is 2.94. The lowest BCUT2D eigenvalue weighted by Gasteiger charge is -2.26. The Bertz CT molecular complexity index is 838. The molecular formula is C16H20N2O5S. The van der Waals surface area contributed by atoms with Crippen LogP contribution in [0.15, 0.2) is 27.6 Å². The van der Waals surface area contributed by atoms with Gasteiger partial charge >= 0.3 is 0 Å². The summed E-state index contributed by atoms with van der Waals surface area (Å²) in [6.07, 6.45) is 0. The molecule has 0 N–H and O–H groups in total. The third-order valence-corrected chi connectivity index (χ3v) is 6.09. The molecule has 3 rings (SSSR count). The molecule has 24 heavy (non-hydrogen) atoms. The van der Waals surface area contributed by atoms with Gasteiger partial charge in [-0.05, 0) is 32.0 Å². The van der Waals surface area contributed by atoms with Crippen molar-refractivity contribution in [1.82, 2.24) is 9.46 Å². The summed E-state index contributed by atoms with van der Waals surface area (Å²) in [7, 11) is -2.22. The Kier molecular flexibility index (Phi) is 4.62. The minimum atomic E-state index is -3.68. The van der Waals surface area contributed by atoms with E-state index in [-0.39, 0.29) is 4.90 Å². The van der Waals surface area contributed by atoms with E-state index in [9.17, 15) is 8.42 Å². The summed E-state index contributed by atoms with van der Waals surface area (Å²) in [4.78, 5) is 0.123. The standard InChI is InChI=1S/C16H20N2O5S/c1-11-12(2)17-23-16(11)13-4-5-14(21-3)15(10-13)24(19,20)18-6-8-22-9-7-18/h4-5,10H,6-9H2,1-3H3. The zero-order valence-electron chi connectivity index (χ0n) is 13.9. The molecule has 1 fully saturated rings. The number of ether oxygens (including phenoxy) is 2. The van der Waals surface area contributed by atoms with Crippen molar-refractivity contribution in [1.29, 1.82) is 0 Å². The predicted octanol–water partition coefficient (Wildman–Crippen LogP) is 1.99. The van der Waals surface area contributed by atoms with E-state index in [0.717, 1.165) is 11.3 Å². The molecule has 1 aliphatic heterocycles. The first kappa shape index (κ1) is 16.9. The van der Waals surface area contributed by atoms with Gasteiger partial charge in [-0.3, -0.25) is 0 Å². The smallest absolute Gasteiger partial charge is 0.246 e. The highest BCUT2D eigenvalue weighted by Gasteiger charge is 2.30. The molecule has 0 aliphatic carbocycles. The Morgan fingerprint density at radius 2 is 1.92 bits per heavy atom. The number of benzene rings is 1. The predicted molar refractivity (Wildman–Crippen MR) is 87.5 cm³/mol. The first-order chi connectivity index (χ1) is 11.4. The maximum absolute atomic E-state index is 13.0. The van der Waals surface area contributed by atoms with E-state index in [0.29, 0.717) is 43.4 Å². The molecule has 0 unspecified atom stereocenters. The highest BCUT2D eigenvalue weighted by Crippen LogP contribution is 2.33. The molecule has 1 saturated heterocycles. The van der Waals surface area contributed by atoms with Crippen LogP contribution in [0.2, 0.25) is 0 Å². The molecule has 0 radical (unpaired) electrons. The van der Waals surface area contributed by atoms with Crippen LogP contribution in [-0.2, 0) is 14.8 Å². The Morgan fingerprint density at radius 1 is 1.21 bits per heavy atom. The highest BCUT2D eigenvalue weighted by atomic mass is 32.2. The van der Waals surface area contributed by atoms with E-state index in [1.807, 2.05) is 13.8 Å². The summed E-state index contributed by atoms with van der Waals surface area (Å²) in [5, 5.41) is 3.93. The number of nitrogens with zero attached hydrogens (tertiary/aromatic N) is 2. The Labute approximate surface area is 141 Å². The maximum atomic E-state index is 13.0. The van der Waals surface area contributed by atoms with Gasteiger partial charge in [0.15, 0.2) is 5.76 Å². The molecule has 1 aliphatic rings. The molecule has 0 atom stereocenters. The van der Waals surface area contributed by atoms with Crippen LogP contribution in [0.1, 0.15) is 11.3 Å². The van der Waals surface area contributed by atoms with Crippen LogP contribution in [0.3, 0.4) is 0 Å². The Hall–Kier alpha value is -1.90. The van der Waals surface area contributed by atoms with Crippen molar-refractivity contribution in [3.63, 3.8) is 0 Å². The van der Waals surface area contributed by atoms with Crippen molar-refractivity contribution in [3.05, 3.63) is 29.5 Å². The number of aryl methyl sites for hydroxylation is 1. The number of methoxy groups -OCH3 is 1. The monoisotopic (exact) mass is 352 g/mol.